The Hall–Kier alpha value is -1.00. The lowest BCUT2D eigenvalue weighted by atomic mass is 10.1. The molecule has 2 aliphatic heterocycles. The van der Waals surface area contributed by atoms with Crippen LogP contribution in [0.3, 0.4) is 0 Å². The maximum Gasteiger partial charge on any atom is 0.0984 e. The largest absolute Gasteiger partial charge is 0.303 e. The standard InChI is InChI=1S/C15H20N2OS/c18-19-12-16-14-7-6-13(11-15(14)19)5-4-10-17-8-2-1-3-9-17/h6-7,11-12H,1-5,8-10H2. The summed E-state index contributed by atoms with van der Waals surface area (Å²) in [5, 5.41) is 0. The van der Waals surface area contributed by atoms with Crippen LogP contribution in [-0.4, -0.2) is 34.3 Å². The summed E-state index contributed by atoms with van der Waals surface area (Å²) in [4.78, 5) is 7.59. The van der Waals surface area contributed by atoms with Crippen molar-refractivity contribution in [3.8, 4) is 0 Å². The van der Waals surface area contributed by atoms with E-state index >= 15 is 0 Å². The molecule has 19 heavy (non-hydrogen) atoms. The zero-order chi connectivity index (χ0) is 13.1. The molecule has 102 valence electrons. The summed E-state index contributed by atoms with van der Waals surface area (Å²) in [6, 6.07) is 6.18. The lowest BCUT2D eigenvalue weighted by Crippen LogP contribution is -2.30. The third-order valence-corrected chi connectivity index (χ3v) is 4.97. The van der Waals surface area contributed by atoms with Gasteiger partial charge in [-0.15, -0.1) is 0 Å². The SMILES string of the molecule is O=S1C=Nc2ccc(CCCN3CCCCC3)cc21. The Morgan fingerprint density at radius 2 is 2.05 bits per heavy atom. The maximum absolute atomic E-state index is 11.7. The van der Waals surface area contributed by atoms with E-state index in [1.807, 2.05) is 6.07 Å². The first-order chi connectivity index (χ1) is 9.33. The number of benzene rings is 1. The third-order valence-electron chi connectivity index (χ3n) is 3.92. The van der Waals surface area contributed by atoms with Crippen molar-refractivity contribution in [2.75, 3.05) is 19.6 Å². The molecular weight excluding hydrogens is 256 g/mol. The number of nitrogens with zero attached hydrogens (tertiary/aromatic N) is 2. The van der Waals surface area contributed by atoms with Gasteiger partial charge in [0, 0.05) is 0 Å². The highest BCUT2D eigenvalue weighted by atomic mass is 32.2. The zero-order valence-electron chi connectivity index (χ0n) is 11.2. The summed E-state index contributed by atoms with van der Waals surface area (Å²) >= 11 is 0. The van der Waals surface area contributed by atoms with Crippen LogP contribution in [0.5, 0.6) is 0 Å². The van der Waals surface area contributed by atoms with Crippen LogP contribution in [0.15, 0.2) is 28.1 Å². The Kier molecular flexibility index (Phi) is 4.09. The van der Waals surface area contributed by atoms with Crippen molar-refractivity contribution >= 4 is 22.0 Å². The molecule has 4 heteroatoms. The van der Waals surface area contributed by atoms with E-state index in [9.17, 15) is 4.21 Å². The molecule has 3 rings (SSSR count). The summed E-state index contributed by atoms with van der Waals surface area (Å²) in [7, 11) is -1.02. The predicted octanol–water partition coefficient (Wildman–Crippen LogP) is 2.89. The number of likely N-dealkylation sites (tertiary alicyclic amines) is 1. The van der Waals surface area contributed by atoms with Gasteiger partial charge in [-0.3, -0.25) is 0 Å². The summed E-state index contributed by atoms with van der Waals surface area (Å²) < 4.78 is 11.7. The number of aryl methyl sites for hydroxylation is 1. The highest BCUT2D eigenvalue weighted by molar-refractivity contribution is 7.99. The Morgan fingerprint density at radius 1 is 1.21 bits per heavy atom. The number of aliphatic imine (C=N–C) groups is 1. The number of hydrogen-bond acceptors (Lipinski definition) is 3. The summed E-state index contributed by atoms with van der Waals surface area (Å²) in [5.41, 5.74) is 3.69. The van der Waals surface area contributed by atoms with E-state index in [0.29, 0.717) is 0 Å². The molecule has 1 aromatic rings. The monoisotopic (exact) mass is 276 g/mol. The van der Waals surface area contributed by atoms with Crippen molar-refractivity contribution in [2.45, 2.75) is 37.0 Å². The Balaban J connectivity index is 1.53. The Bertz CT molecular complexity index is 507. The van der Waals surface area contributed by atoms with E-state index in [4.69, 9.17) is 0 Å². The predicted molar refractivity (Wildman–Crippen MR) is 79.6 cm³/mol. The fourth-order valence-corrected chi connectivity index (χ4v) is 3.75. The molecule has 0 bridgehead atoms. The van der Waals surface area contributed by atoms with Gasteiger partial charge < -0.3 is 4.90 Å². The van der Waals surface area contributed by atoms with Gasteiger partial charge >= 0.3 is 0 Å². The van der Waals surface area contributed by atoms with Crippen LogP contribution in [0.1, 0.15) is 31.2 Å². The van der Waals surface area contributed by atoms with Gasteiger partial charge in [0.05, 0.1) is 26.9 Å². The molecule has 0 saturated carbocycles. The first-order valence-electron chi connectivity index (χ1n) is 7.13. The van der Waals surface area contributed by atoms with Crippen molar-refractivity contribution in [1.82, 2.24) is 4.90 Å². The molecule has 0 aromatic heterocycles. The molecule has 1 unspecified atom stereocenters. The van der Waals surface area contributed by atoms with E-state index in [-0.39, 0.29) is 0 Å². The minimum absolute atomic E-state index is 0.873. The van der Waals surface area contributed by atoms with Gasteiger partial charge in [0.1, 0.15) is 0 Å². The van der Waals surface area contributed by atoms with E-state index in [2.05, 4.69) is 22.0 Å². The van der Waals surface area contributed by atoms with Crippen LogP contribution >= 0.6 is 0 Å². The van der Waals surface area contributed by atoms with Crippen LogP contribution < -0.4 is 0 Å². The van der Waals surface area contributed by atoms with Crippen LogP contribution in [-0.2, 0) is 17.2 Å². The van der Waals surface area contributed by atoms with Gasteiger partial charge in [0.25, 0.3) is 0 Å². The number of hydrogen-bond donors (Lipinski definition) is 0. The van der Waals surface area contributed by atoms with Crippen molar-refractivity contribution in [3.63, 3.8) is 0 Å². The average molecular weight is 276 g/mol. The van der Waals surface area contributed by atoms with Crippen molar-refractivity contribution < 1.29 is 4.21 Å². The summed E-state index contributed by atoms with van der Waals surface area (Å²) in [6.07, 6.45) is 6.37. The van der Waals surface area contributed by atoms with Gasteiger partial charge in [0.15, 0.2) is 0 Å². The van der Waals surface area contributed by atoms with Crippen LogP contribution in [0, 0.1) is 0 Å². The van der Waals surface area contributed by atoms with E-state index in [0.717, 1.165) is 17.0 Å². The summed E-state index contributed by atoms with van der Waals surface area (Å²) in [6.45, 7) is 3.72. The van der Waals surface area contributed by atoms with Gasteiger partial charge in [-0.2, -0.15) is 0 Å². The molecule has 1 saturated heterocycles. The fraction of sp³-hybridized carbons (Fsp3) is 0.533. The Labute approximate surface area is 117 Å². The molecule has 0 aliphatic carbocycles. The fourth-order valence-electron chi connectivity index (χ4n) is 2.83. The minimum Gasteiger partial charge on any atom is -0.303 e. The molecule has 1 atom stereocenters. The smallest absolute Gasteiger partial charge is 0.0984 e. The lowest BCUT2D eigenvalue weighted by molar-refractivity contribution is 0.226. The molecular formula is C15H20N2OS. The van der Waals surface area contributed by atoms with E-state index in [1.165, 1.54) is 56.4 Å². The number of rotatable bonds is 4. The van der Waals surface area contributed by atoms with Gasteiger partial charge in [-0.25, -0.2) is 9.20 Å². The van der Waals surface area contributed by atoms with Crippen LogP contribution in [0.25, 0.3) is 0 Å². The highest BCUT2D eigenvalue weighted by Crippen LogP contribution is 2.28. The van der Waals surface area contributed by atoms with Crippen LogP contribution in [0.2, 0.25) is 0 Å². The molecule has 0 spiro atoms. The first kappa shape index (κ1) is 13.0. The second-order valence-electron chi connectivity index (χ2n) is 5.34. The van der Waals surface area contributed by atoms with E-state index in [1.54, 1.807) is 0 Å². The molecule has 3 nitrogen and oxygen atoms in total. The number of fused-ring (bicyclic) bond motifs is 1. The van der Waals surface area contributed by atoms with Gasteiger partial charge in [-0.05, 0) is 63.0 Å². The quantitative estimate of drug-likeness (QED) is 0.847. The number of piperidine rings is 1. The molecule has 2 heterocycles. The molecule has 0 amide bonds. The third kappa shape index (κ3) is 3.12. The second-order valence-corrected chi connectivity index (χ2v) is 6.59. The second kappa shape index (κ2) is 5.97. The average Bonchev–Trinajstić information content (AvgIpc) is 2.82. The minimum atomic E-state index is -1.02. The maximum atomic E-state index is 11.7. The Morgan fingerprint density at radius 3 is 2.89 bits per heavy atom. The van der Waals surface area contributed by atoms with Crippen molar-refractivity contribution in [3.05, 3.63) is 23.8 Å². The van der Waals surface area contributed by atoms with Crippen LogP contribution in [0.4, 0.5) is 5.69 Å². The normalized spacial score (nSPS) is 22.6. The van der Waals surface area contributed by atoms with Crippen molar-refractivity contribution in [2.24, 2.45) is 4.99 Å². The molecule has 0 radical (unpaired) electrons. The zero-order valence-corrected chi connectivity index (χ0v) is 12.0. The topological polar surface area (TPSA) is 32.7 Å². The first-order valence-corrected chi connectivity index (χ1v) is 8.34. The van der Waals surface area contributed by atoms with Gasteiger partial charge in [0.2, 0.25) is 0 Å². The van der Waals surface area contributed by atoms with E-state index < -0.39 is 10.8 Å². The molecule has 0 N–H and O–H groups in total. The van der Waals surface area contributed by atoms with Gasteiger partial charge in [-0.1, -0.05) is 12.5 Å². The molecule has 1 aromatic carbocycles. The highest BCUT2D eigenvalue weighted by Gasteiger charge is 2.14. The lowest BCUT2D eigenvalue weighted by Gasteiger charge is -2.26. The van der Waals surface area contributed by atoms with Crippen molar-refractivity contribution in [1.29, 1.82) is 0 Å². The molecule has 1 fully saturated rings. The summed E-state index contributed by atoms with van der Waals surface area (Å²) in [5.74, 6) is 0. The molecule has 2 aliphatic rings.